The Morgan fingerprint density at radius 1 is 1.42 bits per heavy atom. The van der Waals surface area contributed by atoms with Crippen LogP contribution in [0.3, 0.4) is 0 Å². The first kappa shape index (κ1) is 18.6. The second-order valence-electron chi connectivity index (χ2n) is 5.66. The molecule has 1 fully saturated rings. The molecule has 1 aliphatic rings. The largest absolute Gasteiger partial charge is 0.450 e. The third-order valence-electron chi connectivity index (χ3n) is 3.93. The minimum Gasteiger partial charge on any atom is -0.450 e. The van der Waals surface area contributed by atoms with Gasteiger partial charge in [-0.2, -0.15) is 0 Å². The summed E-state index contributed by atoms with van der Waals surface area (Å²) in [6.45, 7) is 4.37. The number of rotatable bonds is 4. The molecular weight excluding hydrogens is 372 g/mol. The predicted octanol–water partition coefficient (Wildman–Crippen LogP) is 2.74. The van der Waals surface area contributed by atoms with Crippen molar-refractivity contribution < 1.29 is 9.53 Å². The topological polar surface area (TPSA) is 66.0 Å². The van der Waals surface area contributed by atoms with Gasteiger partial charge in [-0.05, 0) is 37.5 Å². The quantitative estimate of drug-likeness (QED) is 0.606. The van der Waals surface area contributed by atoms with E-state index in [9.17, 15) is 4.79 Å². The molecule has 0 bridgehead atoms. The Morgan fingerprint density at radius 2 is 2.17 bits per heavy atom. The number of ether oxygens (including phenoxy) is 1. The number of halogens is 1. The molecule has 6 nitrogen and oxygen atoms in total. The molecule has 2 rings (SSSR count). The summed E-state index contributed by atoms with van der Waals surface area (Å²) in [4.78, 5) is 17.8. The third-order valence-corrected chi connectivity index (χ3v) is 4.43. The smallest absolute Gasteiger partial charge is 0.409 e. The van der Waals surface area contributed by atoms with Gasteiger partial charge in [0.05, 0.1) is 6.61 Å². The summed E-state index contributed by atoms with van der Waals surface area (Å²) in [6.07, 6.45) is 1.56. The molecule has 1 saturated heterocycles. The molecule has 24 heavy (non-hydrogen) atoms. The number of likely N-dealkylation sites (tertiary alicyclic amines) is 1. The van der Waals surface area contributed by atoms with Crippen LogP contribution in [0.4, 0.5) is 4.79 Å². The van der Waals surface area contributed by atoms with Crippen molar-refractivity contribution in [1.82, 2.24) is 15.5 Å². The van der Waals surface area contributed by atoms with Crippen LogP contribution in [0.1, 0.15) is 25.3 Å². The normalized spacial score (nSPS) is 16.0. The molecule has 1 aliphatic heterocycles. The van der Waals surface area contributed by atoms with Crippen LogP contribution in [0.5, 0.6) is 0 Å². The van der Waals surface area contributed by atoms with E-state index in [0.717, 1.165) is 23.3 Å². The Bertz CT molecular complexity index is 571. The zero-order valence-corrected chi connectivity index (χ0v) is 15.8. The molecule has 7 heteroatoms. The fraction of sp³-hybridized carbons (Fsp3) is 0.529. The molecule has 0 spiro atoms. The Morgan fingerprint density at radius 3 is 2.79 bits per heavy atom. The van der Waals surface area contributed by atoms with Gasteiger partial charge < -0.3 is 20.3 Å². The molecule has 1 aromatic rings. The summed E-state index contributed by atoms with van der Waals surface area (Å²) in [5.74, 6) is 0.782. The lowest BCUT2D eigenvalue weighted by Crippen LogP contribution is -2.49. The standard InChI is InChI=1S/C17H25BrN4O2/c1-3-24-17(23)22-9-7-15(8-10-22)21-16(19-2)20-12-13-5-4-6-14(18)11-13/h4-6,11,15H,3,7-10,12H2,1-2H3,(H2,19,20,21). The van der Waals surface area contributed by atoms with Crippen molar-refractivity contribution in [1.29, 1.82) is 0 Å². The van der Waals surface area contributed by atoms with Crippen molar-refractivity contribution in [2.75, 3.05) is 26.7 Å². The first-order valence-corrected chi connectivity index (χ1v) is 9.05. The number of aliphatic imine (C=N–C) groups is 1. The highest BCUT2D eigenvalue weighted by Gasteiger charge is 2.23. The summed E-state index contributed by atoms with van der Waals surface area (Å²) in [5.41, 5.74) is 1.18. The molecule has 2 N–H and O–H groups in total. The van der Waals surface area contributed by atoms with E-state index in [-0.39, 0.29) is 6.09 Å². The Balaban J connectivity index is 1.77. The van der Waals surface area contributed by atoms with Crippen LogP contribution in [-0.4, -0.2) is 49.7 Å². The molecule has 1 heterocycles. The highest BCUT2D eigenvalue weighted by atomic mass is 79.9. The molecule has 1 amide bonds. The Kier molecular flexibility index (Phi) is 7.36. The molecule has 0 aliphatic carbocycles. The van der Waals surface area contributed by atoms with Crippen molar-refractivity contribution in [3.05, 3.63) is 34.3 Å². The van der Waals surface area contributed by atoms with Gasteiger partial charge in [-0.1, -0.05) is 28.1 Å². The lowest BCUT2D eigenvalue weighted by molar-refractivity contribution is 0.0963. The number of piperidine rings is 1. The number of amides is 1. The summed E-state index contributed by atoms with van der Waals surface area (Å²) >= 11 is 3.48. The van der Waals surface area contributed by atoms with Gasteiger partial charge in [-0.15, -0.1) is 0 Å². The minimum absolute atomic E-state index is 0.215. The minimum atomic E-state index is -0.215. The van der Waals surface area contributed by atoms with E-state index < -0.39 is 0 Å². The van der Waals surface area contributed by atoms with Gasteiger partial charge in [0.25, 0.3) is 0 Å². The zero-order chi connectivity index (χ0) is 17.4. The second kappa shape index (κ2) is 9.52. The highest BCUT2D eigenvalue weighted by molar-refractivity contribution is 9.10. The molecule has 0 unspecified atom stereocenters. The van der Waals surface area contributed by atoms with E-state index in [0.29, 0.717) is 32.3 Å². The van der Waals surface area contributed by atoms with Crippen LogP contribution in [-0.2, 0) is 11.3 Å². The van der Waals surface area contributed by atoms with Crippen molar-refractivity contribution >= 4 is 28.0 Å². The third kappa shape index (κ3) is 5.70. The zero-order valence-electron chi connectivity index (χ0n) is 14.2. The summed E-state index contributed by atoms with van der Waals surface area (Å²) in [5, 5.41) is 6.76. The number of carbonyl (C=O) groups excluding carboxylic acids is 1. The molecular formula is C17H25BrN4O2. The summed E-state index contributed by atoms with van der Waals surface area (Å²) < 4.78 is 6.11. The van der Waals surface area contributed by atoms with Gasteiger partial charge in [-0.3, -0.25) is 4.99 Å². The molecule has 0 aromatic heterocycles. The average molecular weight is 397 g/mol. The van der Waals surface area contributed by atoms with Crippen LogP contribution >= 0.6 is 15.9 Å². The van der Waals surface area contributed by atoms with Crippen molar-refractivity contribution in [2.24, 2.45) is 4.99 Å². The fourth-order valence-corrected chi connectivity index (χ4v) is 3.09. The van der Waals surface area contributed by atoms with Crippen LogP contribution in [0, 0.1) is 0 Å². The number of hydrogen-bond donors (Lipinski definition) is 2. The predicted molar refractivity (Wildman–Crippen MR) is 99.1 cm³/mol. The van der Waals surface area contributed by atoms with E-state index in [1.807, 2.05) is 19.1 Å². The van der Waals surface area contributed by atoms with Crippen molar-refractivity contribution in [3.8, 4) is 0 Å². The number of benzene rings is 1. The van der Waals surface area contributed by atoms with Gasteiger partial charge in [-0.25, -0.2) is 4.79 Å². The number of guanidine groups is 1. The van der Waals surface area contributed by atoms with Gasteiger partial charge in [0.15, 0.2) is 5.96 Å². The van der Waals surface area contributed by atoms with Crippen LogP contribution in [0.15, 0.2) is 33.7 Å². The number of carbonyl (C=O) groups is 1. The van der Waals surface area contributed by atoms with Crippen LogP contribution < -0.4 is 10.6 Å². The molecule has 132 valence electrons. The maximum atomic E-state index is 11.7. The Labute approximate surface area is 151 Å². The molecule has 0 saturated carbocycles. The fourth-order valence-electron chi connectivity index (χ4n) is 2.64. The van der Waals surface area contributed by atoms with Crippen molar-refractivity contribution in [3.63, 3.8) is 0 Å². The van der Waals surface area contributed by atoms with Crippen LogP contribution in [0.2, 0.25) is 0 Å². The first-order valence-electron chi connectivity index (χ1n) is 8.25. The number of nitrogens with one attached hydrogen (secondary N) is 2. The lowest BCUT2D eigenvalue weighted by Gasteiger charge is -2.32. The van der Waals surface area contributed by atoms with Gasteiger partial charge in [0, 0.05) is 37.2 Å². The average Bonchev–Trinajstić information content (AvgIpc) is 2.59. The lowest BCUT2D eigenvalue weighted by atomic mass is 10.1. The SMILES string of the molecule is CCOC(=O)N1CCC(NC(=NC)NCc2cccc(Br)c2)CC1. The van der Waals surface area contributed by atoms with Crippen molar-refractivity contribution in [2.45, 2.75) is 32.4 Å². The van der Waals surface area contributed by atoms with E-state index in [1.54, 1.807) is 11.9 Å². The molecule has 0 atom stereocenters. The van der Waals surface area contributed by atoms with E-state index in [1.165, 1.54) is 5.56 Å². The number of hydrogen-bond acceptors (Lipinski definition) is 3. The van der Waals surface area contributed by atoms with Gasteiger partial charge in [0.2, 0.25) is 0 Å². The number of nitrogens with zero attached hydrogens (tertiary/aromatic N) is 2. The molecule has 1 aromatic carbocycles. The van der Waals surface area contributed by atoms with Crippen LogP contribution in [0.25, 0.3) is 0 Å². The summed E-state index contributed by atoms with van der Waals surface area (Å²) in [6, 6.07) is 8.49. The van der Waals surface area contributed by atoms with E-state index >= 15 is 0 Å². The second-order valence-corrected chi connectivity index (χ2v) is 6.58. The Hall–Kier alpha value is -1.76. The van der Waals surface area contributed by atoms with E-state index in [2.05, 4.69) is 43.7 Å². The van der Waals surface area contributed by atoms with Gasteiger partial charge >= 0.3 is 6.09 Å². The van der Waals surface area contributed by atoms with Gasteiger partial charge in [0.1, 0.15) is 0 Å². The monoisotopic (exact) mass is 396 g/mol. The molecule has 0 radical (unpaired) electrons. The maximum Gasteiger partial charge on any atom is 0.409 e. The highest BCUT2D eigenvalue weighted by Crippen LogP contribution is 2.12. The van der Waals surface area contributed by atoms with E-state index in [4.69, 9.17) is 4.74 Å². The summed E-state index contributed by atoms with van der Waals surface area (Å²) in [7, 11) is 1.77. The maximum absolute atomic E-state index is 11.7. The first-order chi connectivity index (χ1) is 11.6.